The summed E-state index contributed by atoms with van der Waals surface area (Å²) in [7, 11) is 1.67. The van der Waals surface area contributed by atoms with Crippen LogP contribution < -0.4 is 26.3 Å². The first kappa shape index (κ1) is 58.4. The Morgan fingerprint density at radius 3 is 1.80 bits per heavy atom. The Bertz CT molecular complexity index is 2790. The van der Waals surface area contributed by atoms with Crippen LogP contribution in [0.25, 0.3) is 22.6 Å². The summed E-state index contributed by atoms with van der Waals surface area (Å²) >= 11 is 0. The molecule has 4 aliphatic rings. The van der Waals surface area contributed by atoms with E-state index in [0.29, 0.717) is 67.5 Å². The molecule has 4 amide bonds. The summed E-state index contributed by atoms with van der Waals surface area (Å²) < 4.78 is 140. The number of carbonyl (C=O) groups excluding carboxylic acids is 4. The van der Waals surface area contributed by atoms with E-state index >= 15 is 8.78 Å². The number of aliphatic hydroxyl groups excluding tert-OH is 1. The van der Waals surface area contributed by atoms with Crippen molar-refractivity contribution in [2.24, 2.45) is 10.8 Å². The largest absolute Gasteiger partial charge is 0.453 e. The second-order valence-electron chi connectivity index (χ2n) is 21.5. The first-order chi connectivity index (χ1) is 37.2. The van der Waals surface area contributed by atoms with Gasteiger partial charge in [0.2, 0.25) is 17.7 Å². The predicted molar refractivity (Wildman–Crippen MR) is 265 cm³/mol. The number of aliphatic hydroxyl groups is 1. The van der Waals surface area contributed by atoms with Crippen molar-refractivity contribution in [3.05, 3.63) is 83.4 Å². The third kappa shape index (κ3) is 13.0. The van der Waals surface area contributed by atoms with Crippen LogP contribution in [0.4, 0.5) is 50.5 Å². The number of hydrazine groups is 1. The number of nitrogens with zero attached hydrogens (tertiary/aromatic N) is 6. The number of nitrogens with one attached hydrogen (secondary N) is 4. The van der Waals surface area contributed by atoms with Crippen LogP contribution in [0.3, 0.4) is 0 Å². The van der Waals surface area contributed by atoms with Gasteiger partial charge in [-0.15, -0.1) is 10.2 Å². The van der Waals surface area contributed by atoms with E-state index in [4.69, 9.17) is 14.1 Å². The SMILES string of the molecule is COC(=O)N[C@H](C(=O)N[C@@H](Cc1ccc(-c2ccc(N3CC4CCC(C3)N4C3COC3)nc2)cc1)[C@@H](O)CN(Cc1c(F)cc(-c2nnc(C3CC3)o2)cc1F)NC(=O)[C@@H](NC(=O)OC)C(C)(C)C(F)(F)F)C(C)(C)C(F)(F)F. The van der Waals surface area contributed by atoms with Gasteiger partial charge in [-0.1, -0.05) is 24.3 Å². The third-order valence-corrected chi connectivity index (χ3v) is 15.3. The van der Waals surface area contributed by atoms with Crippen molar-refractivity contribution in [1.82, 2.24) is 46.5 Å². The minimum Gasteiger partial charge on any atom is -0.453 e. The Labute approximate surface area is 449 Å². The van der Waals surface area contributed by atoms with E-state index in [2.05, 4.69) is 40.2 Å². The average Bonchev–Trinajstić information content (AvgIpc) is 4.25. The molecule has 3 aliphatic heterocycles. The number of alkyl halides is 6. The highest BCUT2D eigenvalue weighted by Gasteiger charge is 2.57. The summed E-state index contributed by atoms with van der Waals surface area (Å²) in [6.45, 7) is 3.45. The second-order valence-corrected chi connectivity index (χ2v) is 21.5. The van der Waals surface area contributed by atoms with Gasteiger partial charge < -0.3 is 44.6 Å². The van der Waals surface area contributed by atoms with Crippen molar-refractivity contribution in [2.75, 3.05) is 52.0 Å². The number of methoxy groups -OCH3 is 2. The van der Waals surface area contributed by atoms with E-state index < -0.39 is 108 Å². The molecule has 79 heavy (non-hydrogen) atoms. The van der Waals surface area contributed by atoms with Crippen LogP contribution >= 0.6 is 0 Å². The van der Waals surface area contributed by atoms with Crippen LogP contribution in [0.15, 0.2) is 59.1 Å². The molecule has 2 unspecified atom stereocenters. The fourth-order valence-corrected chi connectivity index (χ4v) is 9.96. The van der Waals surface area contributed by atoms with Gasteiger partial charge in [-0.2, -0.15) is 26.3 Å². The molecule has 4 aromatic rings. The number of aromatic nitrogens is 3. The van der Waals surface area contributed by atoms with Crippen molar-refractivity contribution in [3.8, 4) is 22.6 Å². The monoisotopic (exact) mass is 1120 g/mol. The summed E-state index contributed by atoms with van der Waals surface area (Å²) in [5.74, 6) is -4.90. The maximum absolute atomic E-state index is 16.2. The number of alkyl carbamates (subject to hydrolysis) is 2. The van der Waals surface area contributed by atoms with Gasteiger partial charge in [0.1, 0.15) is 29.5 Å². The fraction of sp³-hybridized carbons (Fsp3) is 0.558. The van der Waals surface area contributed by atoms with E-state index in [9.17, 15) is 50.6 Å². The summed E-state index contributed by atoms with van der Waals surface area (Å²) in [5, 5.41) is 26.6. The predicted octanol–water partition coefficient (Wildman–Crippen LogP) is 6.55. The first-order valence-corrected chi connectivity index (χ1v) is 25.5. The van der Waals surface area contributed by atoms with Gasteiger partial charge >= 0.3 is 24.5 Å². The number of pyridine rings is 1. The fourth-order valence-electron chi connectivity index (χ4n) is 9.96. The van der Waals surface area contributed by atoms with Gasteiger partial charge in [0.05, 0.1) is 56.5 Å². The molecule has 2 aromatic heterocycles. The molecule has 3 saturated heterocycles. The molecule has 19 nitrogen and oxygen atoms in total. The van der Waals surface area contributed by atoms with Gasteiger partial charge in [0, 0.05) is 67.1 Å². The molecule has 1 aliphatic carbocycles. The molecule has 5 N–H and O–H groups in total. The van der Waals surface area contributed by atoms with Crippen molar-refractivity contribution < 1.29 is 78.0 Å². The smallest absolute Gasteiger partial charge is 0.407 e. The number of amides is 4. The average molecular weight is 1120 g/mol. The maximum atomic E-state index is 16.2. The lowest BCUT2D eigenvalue weighted by atomic mass is 9.82. The lowest BCUT2D eigenvalue weighted by Crippen LogP contribution is -2.63. The van der Waals surface area contributed by atoms with E-state index in [-0.39, 0.29) is 23.3 Å². The molecule has 0 radical (unpaired) electrons. The summed E-state index contributed by atoms with van der Waals surface area (Å²) in [6, 6.07) is 6.59. The summed E-state index contributed by atoms with van der Waals surface area (Å²) in [6.07, 6.45) is -10.3. The van der Waals surface area contributed by atoms with Crippen LogP contribution in [0, 0.1) is 22.5 Å². The van der Waals surface area contributed by atoms with E-state index in [1.165, 1.54) is 0 Å². The summed E-state index contributed by atoms with van der Waals surface area (Å²) in [4.78, 5) is 62.7. The Balaban J connectivity index is 1.09. The Morgan fingerprint density at radius 2 is 1.30 bits per heavy atom. The minimum absolute atomic E-state index is 0.0153. The number of ether oxygens (including phenoxy) is 3. The van der Waals surface area contributed by atoms with Gasteiger partial charge in [0.25, 0.3) is 5.91 Å². The number of carbonyl (C=O) groups is 4. The van der Waals surface area contributed by atoms with Crippen molar-refractivity contribution in [2.45, 2.75) is 127 Å². The molecule has 0 spiro atoms. The molecule has 2 aromatic carbocycles. The van der Waals surface area contributed by atoms with Gasteiger partial charge in [-0.05, 0) is 95.2 Å². The number of hydrogen-bond acceptors (Lipinski definition) is 15. The second kappa shape index (κ2) is 23.2. The highest BCUT2D eigenvalue weighted by molar-refractivity contribution is 5.87. The number of fused-ring (bicyclic) bond motifs is 2. The van der Waals surface area contributed by atoms with E-state index in [1.54, 1.807) is 30.5 Å². The van der Waals surface area contributed by atoms with Crippen LogP contribution in [-0.4, -0.2) is 156 Å². The highest BCUT2D eigenvalue weighted by Crippen LogP contribution is 2.43. The number of piperazine rings is 1. The lowest BCUT2D eigenvalue weighted by molar-refractivity contribution is -0.221. The quantitative estimate of drug-likeness (QED) is 0.0467. The molecular formula is C52H62F8N10O9. The van der Waals surface area contributed by atoms with Crippen molar-refractivity contribution in [3.63, 3.8) is 0 Å². The molecule has 1 saturated carbocycles. The van der Waals surface area contributed by atoms with Crippen LogP contribution in [0.1, 0.15) is 76.3 Å². The molecule has 8 rings (SSSR count). The molecule has 5 heterocycles. The summed E-state index contributed by atoms with van der Waals surface area (Å²) in [5.41, 5.74) is -3.24. The first-order valence-electron chi connectivity index (χ1n) is 25.5. The lowest BCUT2D eigenvalue weighted by Gasteiger charge is -2.48. The normalized spacial score (nSPS) is 19.7. The Morgan fingerprint density at radius 1 is 0.747 bits per heavy atom. The Kier molecular flexibility index (Phi) is 17.1. The minimum atomic E-state index is -5.19. The number of rotatable bonds is 20. The molecule has 430 valence electrons. The van der Waals surface area contributed by atoms with Crippen molar-refractivity contribution >= 4 is 29.8 Å². The molecule has 4 fully saturated rings. The number of halogens is 8. The molecule has 6 atom stereocenters. The van der Waals surface area contributed by atoms with Gasteiger partial charge in [-0.25, -0.2) is 28.4 Å². The van der Waals surface area contributed by atoms with Crippen LogP contribution in [0.2, 0.25) is 0 Å². The number of benzene rings is 2. The number of hydrogen-bond donors (Lipinski definition) is 5. The zero-order chi connectivity index (χ0) is 57.4. The zero-order valence-corrected chi connectivity index (χ0v) is 44.0. The molecule has 2 bridgehead atoms. The van der Waals surface area contributed by atoms with E-state index in [1.807, 2.05) is 22.8 Å². The van der Waals surface area contributed by atoms with Crippen LogP contribution in [0.5, 0.6) is 0 Å². The Hall–Kier alpha value is -6.71. The van der Waals surface area contributed by atoms with Gasteiger partial charge in [-0.3, -0.25) is 19.9 Å². The zero-order valence-electron chi connectivity index (χ0n) is 44.0. The highest BCUT2D eigenvalue weighted by atomic mass is 19.4. The molecular weight excluding hydrogens is 1060 g/mol. The topological polar surface area (TPSA) is 226 Å². The van der Waals surface area contributed by atoms with Crippen molar-refractivity contribution in [1.29, 1.82) is 0 Å². The van der Waals surface area contributed by atoms with E-state index in [0.717, 1.165) is 84.2 Å². The maximum Gasteiger partial charge on any atom is 0.407 e. The number of anilines is 1. The molecule has 27 heteroatoms. The van der Waals surface area contributed by atoms with Gasteiger partial charge in [0.15, 0.2) is 0 Å². The standard InChI is InChI=1S/C52H62F8N10O9/c1-49(2,51(55,56)57)41(63-47(74)76-5)43(72)62-38(17-27-7-9-28(10-8-27)30-13-16-40(61-20-30)68-21-32-14-15-33(22-68)70(32)34-25-78-26-34)39(71)24-69(67-44(73)42(64-48(75)77-6)50(3,4)52(58,59)60)23-35-36(53)18-31(19-37(35)54)46-66-65-45(79-46)29-11-12-29/h7-10,13,16,18-20,29,32-34,38-39,41-42,71H,11-12,14-15,17,21-26H2,1-6H3,(H,62,72)(H,63,74)(H,64,75)(H,67,73)/t32?,33?,38-,39-,41+,42+/m0/s1. The third-order valence-electron chi connectivity index (χ3n) is 15.3. The van der Waals surface area contributed by atoms with Crippen LogP contribution in [-0.2, 0) is 36.8 Å².